The highest BCUT2D eigenvalue weighted by molar-refractivity contribution is 5.95. The highest BCUT2D eigenvalue weighted by Gasteiger charge is 2.31. The minimum Gasteiger partial charge on any atom is -0.445 e. The number of aliphatic imine (C=N–C) groups is 1. The molecule has 0 fully saturated rings. The van der Waals surface area contributed by atoms with Crippen LogP contribution >= 0.6 is 0 Å². The lowest BCUT2D eigenvalue weighted by atomic mass is 10.0. The fourth-order valence-electron chi connectivity index (χ4n) is 5.67. The Bertz CT molecular complexity index is 1780. The van der Waals surface area contributed by atoms with Gasteiger partial charge < -0.3 is 48.5 Å². The second kappa shape index (κ2) is 24.1. The smallest absolute Gasteiger partial charge is 0.407 e. The molecule has 3 aromatic rings. The van der Waals surface area contributed by atoms with Gasteiger partial charge in [0.1, 0.15) is 30.6 Å². The summed E-state index contributed by atoms with van der Waals surface area (Å²) in [6.07, 6.45) is 1.22. The molecule has 0 radical (unpaired) electrons. The molecule has 3 atom stereocenters. The van der Waals surface area contributed by atoms with Gasteiger partial charge in [-0.15, -0.1) is 0 Å². The number of nitrogens with two attached hydrogens (primary N) is 3. The number of ether oxygens (including phenoxy) is 1. The van der Waals surface area contributed by atoms with Crippen molar-refractivity contribution in [3.05, 3.63) is 107 Å². The zero-order valence-corrected chi connectivity index (χ0v) is 32.6. The lowest BCUT2D eigenvalue weighted by Crippen LogP contribution is -2.58. The number of nitrogens with zero attached hydrogens (tertiary/aromatic N) is 1. The molecule has 3 rings (SSSR count). The quantitative estimate of drug-likeness (QED) is 0.0387. The standard InChI is InChI=1S/C41H56N10O6/c1-27(2)35(39(55)50-32(17-11-23-46-40(44)45)37(53)48-25-29-18-20-31(21-19-29)36(42)43)51-38(54)33(49-34(52)24-28-12-5-3-6-13-28)16-9-10-22-47-41(56)57-26-30-14-7-4-8-15-30/h3-8,12-15,18-21,27,32-33,35H,9-11,16-17,22-26H2,1-2H3,(H3,42,43)(H,47,56)(H,48,53)(H,49,52)(H,50,55)(H,51,54)(H4,44,45,46)/t32-,33-,35-/m0/s1. The van der Waals surface area contributed by atoms with Crippen LogP contribution in [-0.4, -0.2) is 72.7 Å². The number of carbonyl (C=O) groups excluding carboxylic acids is 5. The first kappa shape index (κ1) is 44.9. The van der Waals surface area contributed by atoms with Crippen molar-refractivity contribution in [3.8, 4) is 0 Å². The third-order valence-corrected chi connectivity index (χ3v) is 8.82. The molecule has 0 unspecified atom stereocenters. The largest absolute Gasteiger partial charge is 0.445 e. The van der Waals surface area contributed by atoms with E-state index in [9.17, 15) is 24.0 Å². The Morgan fingerprint density at radius 3 is 1.91 bits per heavy atom. The number of alkyl carbamates (subject to hydrolysis) is 1. The molecule has 0 saturated carbocycles. The highest BCUT2D eigenvalue weighted by Crippen LogP contribution is 2.10. The number of benzene rings is 3. The fraction of sp³-hybridized carbons (Fsp3) is 0.390. The van der Waals surface area contributed by atoms with Crippen LogP contribution in [0.15, 0.2) is 89.9 Å². The Kier molecular flexibility index (Phi) is 19.0. The minimum absolute atomic E-state index is 0.0467. The first-order chi connectivity index (χ1) is 27.3. The molecule has 0 saturated heterocycles. The van der Waals surface area contributed by atoms with Gasteiger partial charge >= 0.3 is 6.09 Å². The third-order valence-electron chi connectivity index (χ3n) is 8.82. The maximum Gasteiger partial charge on any atom is 0.407 e. The van der Waals surface area contributed by atoms with Crippen molar-refractivity contribution in [2.24, 2.45) is 28.1 Å². The monoisotopic (exact) mass is 784 g/mol. The van der Waals surface area contributed by atoms with Crippen molar-refractivity contribution in [2.45, 2.75) is 83.6 Å². The maximum atomic E-state index is 13.8. The molecule has 0 spiro atoms. The predicted octanol–water partition coefficient (Wildman–Crippen LogP) is 2.09. The van der Waals surface area contributed by atoms with Crippen molar-refractivity contribution in [3.63, 3.8) is 0 Å². The number of guanidine groups is 1. The summed E-state index contributed by atoms with van der Waals surface area (Å²) in [5, 5.41) is 21.5. The number of hydrogen-bond donors (Lipinski definition) is 9. The molecular weight excluding hydrogens is 729 g/mol. The molecule has 0 aromatic heterocycles. The Balaban J connectivity index is 1.65. The normalized spacial score (nSPS) is 12.3. The number of nitrogen functional groups attached to an aromatic ring is 1. The van der Waals surface area contributed by atoms with E-state index >= 15 is 0 Å². The second-order valence-corrected chi connectivity index (χ2v) is 13.8. The summed E-state index contributed by atoms with van der Waals surface area (Å²) in [7, 11) is 0. The second-order valence-electron chi connectivity index (χ2n) is 13.8. The Morgan fingerprint density at radius 2 is 1.30 bits per heavy atom. The molecule has 16 heteroatoms. The van der Waals surface area contributed by atoms with Gasteiger partial charge in [0.2, 0.25) is 23.6 Å². The predicted molar refractivity (Wildman–Crippen MR) is 218 cm³/mol. The van der Waals surface area contributed by atoms with Crippen molar-refractivity contribution in [2.75, 3.05) is 13.1 Å². The van der Waals surface area contributed by atoms with Crippen LogP contribution in [0, 0.1) is 11.3 Å². The van der Waals surface area contributed by atoms with Gasteiger partial charge in [-0.1, -0.05) is 98.8 Å². The lowest BCUT2D eigenvalue weighted by molar-refractivity contribution is -0.134. The minimum atomic E-state index is -1.06. The summed E-state index contributed by atoms with van der Waals surface area (Å²) in [4.78, 5) is 70.3. The van der Waals surface area contributed by atoms with Gasteiger partial charge in [-0.3, -0.25) is 29.6 Å². The van der Waals surface area contributed by atoms with Crippen LogP contribution in [0.3, 0.4) is 0 Å². The third kappa shape index (κ3) is 17.3. The highest BCUT2D eigenvalue weighted by atomic mass is 16.5. The number of nitrogens with one attached hydrogen (secondary N) is 6. The van der Waals surface area contributed by atoms with E-state index in [0.717, 1.165) is 16.7 Å². The molecule has 0 aliphatic carbocycles. The Hall–Kier alpha value is -6.45. The first-order valence-corrected chi connectivity index (χ1v) is 19.0. The molecule has 12 N–H and O–H groups in total. The first-order valence-electron chi connectivity index (χ1n) is 19.0. The number of rotatable bonds is 23. The number of amidine groups is 1. The average molecular weight is 785 g/mol. The van der Waals surface area contributed by atoms with Gasteiger partial charge in [0.05, 0.1) is 6.42 Å². The van der Waals surface area contributed by atoms with E-state index in [1.54, 1.807) is 38.1 Å². The zero-order chi connectivity index (χ0) is 41.6. The van der Waals surface area contributed by atoms with Crippen LogP contribution in [0.4, 0.5) is 4.79 Å². The molecule has 5 amide bonds. The van der Waals surface area contributed by atoms with Gasteiger partial charge in [-0.05, 0) is 54.7 Å². The van der Waals surface area contributed by atoms with Gasteiger partial charge in [0, 0.05) is 25.2 Å². The van der Waals surface area contributed by atoms with E-state index in [1.807, 2.05) is 60.7 Å². The summed E-state index contributed by atoms with van der Waals surface area (Å²) < 4.78 is 5.26. The van der Waals surface area contributed by atoms with Gasteiger partial charge in [-0.2, -0.15) is 0 Å². The van der Waals surface area contributed by atoms with Crippen LogP contribution in [0.2, 0.25) is 0 Å². The van der Waals surface area contributed by atoms with Crippen LogP contribution in [-0.2, 0) is 43.5 Å². The van der Waals surface area contributed by atoms with Crippen LogP contribution in [0.25, 0.3) is 0 Å². The molecule has 57 heavy (non-hydrogen) atoms. The lowest BCUT2D eigenvalue weighted by Gasteiger charge is -2.27. The molecule has 0 heterocycles. The van der Waals surface area contributed by atoms with Crippen molar-refractivity contribution in [1.29, 1.82) is 5.41 Å². The van der Waals surface area contributed by atoms with E-state index in [-0.39, 0.29) is 63.2 Å². The van der Waals surface area contributed by atoms with Crippen molar-refractivity contribution >= 4 is 41.5 Å². The van der Waals surface area contributed by atoms with Crippen LogP contribution < -0.4 is 43.8 Å². The van der Waals surface area contributed by atoms with E-state index < -0.39 is 47.9 Å². The number of unbranched alkanes of at least 4 members (excludes halogenated alkanes) is 1. The topological polar surface area (TPSA) is 269 Å². The van der Waals surface area contributed by atoms with E-state index in [4.69, 9.17) is 27.3 Å². The molecule has 0 aliphatic heterocycles. The number of amides is 5. The molecule has 0 bridgehead atoms. The zero-order valence-electron chi connectivity index (χ0n) is 32.6. The van der Waals surface area contributed by atoms with E-state index in [0.29, 0.717) is 24.8 Å². The summed E-state index contributed by atoms with van der Waals surface area (Å²) in [5.74, 6) is -2.55. The van der Waals surface area contributed by atoms with Crippen molar-refractivity contribution in [1.82, 2.24) is 26.6 Å². The molecule has 16 nitrogen and oxygen atoms in total. The Morgan fingerprint density at radius 1 is 0.684 bits per heavy atom. The van der Waals surface area contributed by atoms with E-state index in [1.165, 1.54) is 0 Å². The van der Waals surface area contributed by atoms with Gasteiger partial charge in [-0.25, -0.2) is 4.79 Å². The van der Waals surface area contributed by atoms with Crippen LogP contribution in [0.5, 0.6) is 0 Å². The molecule has 0 aliphatic rings. The fourth-order valence-corrected chi connectivity index (χ4v) is 5.67. The summed E-state index contributed by atoms with van der Waals surface area (Å²) in [6.45, 7) is 4.31. The maximum absolute atomic E-state index is 13.8. The molecule has 306 valence electrons. The summed E-state index contributed by atoms with van der Waals surface area (Å²) >= 11 is 0. The van der Waals surface area contributed by atoms with E-state index in [2.05, 4.69) is 31.6 Å². The summed E-state index contributed by atoms with van der Waals surface area (Å²) in [6, 6.07) is 22.2. The number of hydrogen-bond acceptors (Lipinski definition) is 8. The van der Waals surface area contributed by atoms with Gasteiger partial charge in [0.25, 0.3) is 0 Å². The summed E-state index contributed by atoms with van der Waals surface area (Å²) in [5.41, 5.74) is 19.4. The average Bonchev–Trinajstić information content (AvgIpc) is 3.19. The Labute approximate surface area is 333 Å². The van der Waals surface area contributed by atoms with Crippen molar-refractivity contribution < 1.29 is 28.7 Å². The molecular formula is C41H56N10O6. The molecule has 3 aromatic carbocycles. The van der Waals surface area contributed by atoms with Gasteiger partial charge in [0.15, 0.2) is 5.96 Å². The number of carbonyl (C=O) groups is 5. The van der Waals surface area contributed by atoms with Crippen LogP contribution in [0.1, 0.15) is 68.2 Å². The SMILES string of the molecule is CC(C)[C@H](NC(=O)[C@H](CCCCNC(=O)OCc1ccccc1)NC(=O)Cc1ccccc1)C(=O)N[C@@H](CCCN=C(N)N)C(=O)NCc1ccc(C(=N)N)cc1.